The Morgan fingerprint density at radius 3 is 1.73 bits per heavy atom. The van der Waals surface area contributed by atoms with Crippen LogP contribution in [0.4, 0.5) is 0 Å². The minimum absolute atomic E-state index is 0.246. The molecule has 0 N–H and O–H groups in total. The topological polar surface area (TPSA) is 44.0 Å². The molecule has 2 aromatic carbocycles. The second kappa shape index (κ2) is 9.70. The molecule has 130 valence electrons. The maximum absolute atomic E-state index is 12.9. The molecule has 4 nitrogen and oxygen atoms in total. The molecule has 0 spiro atoms. The maximum atomic E-state index is 12.9. The fraction of sp³-hybridized carbons (Fsp3) is 0.150. The summed E-state index contributed by atoms with van der Waals surface area (Å²) in [5, 5.41) is 0. The van der Waals surface area contributed by atoms with Crippen LogP contribution in [0.25, 0.3) is 0 Å². The summed E-state index contributed by atoms with van der Waals surface area (Å²) in [5.74, 6) is 0. The van der Waals surface area contributed by atoms with Gasteiger partial charge in [0.25, 0.3) is 0 Å². The monoisotopic (exact) mass is 462 g/mol. The van der Waals surface area contributed by atoms with Crippen LogP contribution in [0.2, 0.25) is 0 Å². The third-order valence-electron chi connectivity index (χ3n) is 4.17. The first-order valence-corrected chi connectivity index (χ1v) is 15.0. The van der Waals surface area contributed by atoms with Crippen LogP contribution in [-0.2, 0) is 29.4 Å². The molecule has 6 heteroatoms. The van der Waals surface area contributed by atoms with E-state index < -0.39 is 0 Å². The van der Waals surface area contributed by atoms with Crippen molar-refractivity contribution < 1.29 is 16.3 Å². The Hall–Kier alpha value is -1.91. The predicted octanol–water partition coefficient (Wildman–Crippen LogP) is 3.44. The van der Waals surface area contributed by atoms with Crippen LogP contribution >= 0.6 is 13.6 Å². The van der Waals surface area contributed by atoms with Crippen LogP contribution in [0.5, 0.6) is 0 Å². The van der Waals surface area contributed by atoms with Gasteiger partial charge in [0.15, 0.2) is 0 Å². The van der Waals surface area contributed by atoms with Gasteiger partial charge >= 0.3 is 35.7 Å². The van der Waals surface area contributed by atoms with E-state index in [1.54, 1.807) is 11.5 Å². The van der Waals surface area contributed by atoms with Crippen LogP contribution in [0.15, 0.2) is 70.3 Å². The summed E-state index contributed by atoms with van der Waals surface area (Å²) in [6.45, 7) is 6.30. The van der Waals surface area contributed by atoms with Crippen molar-refractivity contribution >= 4 is 13.6 Å². The SMILES string of the molecule is [CH2-]c1c(C)n(Cc2ccccc2)c(=O)n(Cc2ccccc2)c1=O.[Zn+][Br]. The van der Waals surface area contributed by atoms with Crippen molar-refractivity contribution in [3.63, 3.8) is 0 Å². The fourth-order valence-electron chi connectivity index (χ4n) is 2.71. The van der Waals surface area contributed by atoms with E-state index in [0.29, 0.717) is 17.8 Å². The molecule has 0 atom stereocenters. The average Bonchev–Trinajstić information content (AvgIpc) is 2.70. The van der Waals surface area contributed by atoms with Crippen molar-refractivity contribution in [1.29, 1.82) is 0 Å². The van der Waals surface area contributed by atoms with E-state index in [1.807, 2.05) is 60.7 Å². The summed E-state index contributed by atoms with van der Waals surface area (Å²) in [4.78, 5) is 25.4. The van der Waals surface area contributed by atoms with Crippen molar-refractivity contribution in [2.45, 2.75) is 20.0 Å². The normalized spacial score (nSPS) is 10.2. The van der Waals surface area contributed by atoms with E-state index in [9.17, 15) is 9.59 Å². The number of benzene rings is 2. The molecule has 0 amide bonds. The van der Waals surface area contributed by atoms with Crippen molar-refractivity contribution in [2.75, 3.05) is 0 Å². The number of nitrogens with zero attached hydrogens (tertiary/aromatic N) is 2. The number of halogens is 1. The third kappa shape index (κ3) is 4.63. The van der Waals surface area contributed by atoms with E-state index in [4.69, 9.17) is 0 Å². The standard InChI is InChI=1S/C20H19N2O2.BrH.Zn/c1-15-16(2)21(13-17-9-5-3-6-10-17)20(24)22(19(15)23)14-18-11-7-4-8-12-18;;/h3-12H,1,13-14H2,2H3;1H;/q-1;;+2/p-1. The van der Waals surface area contributed by atoms with E-state index in [1.165, 1.54) is 20.9 Å². The molecule has 0 unspecified atom stereocenters. The first-order valence-electron chi connectivity index (χ1n) is 8.08. The molecule has 3 aromatic rings. The fourth-order valence-corrected chi connectivity index (χ4v) is 2.71. The summed E-state index contributed by atoms with van der Waals surface area (Å²) in [5.41, 5.74) is 2.25. The van der Waals surface area contributed by atoms with E-state index in [2.05, 4.69) is 20.5 Å². The summed E-state index contributed by atoms with van der Waals surface area (Å²) in [6.07, 6.45) is 0. The molecule has 1 heterocycles. The number of hydrogen-bond acceptors (Lipinski definition) is 2. The van der Waals surface area contributed by atoms with Gasteiger partial charge in [-0.15, -0.1) is 5.56 Å². The van der Waals surface area contributed by atoms with Crippen LogP contribution < -0.4 is 11.2 Å². The molecule has 26 heavy (non-hydrogen) atoms. The Balaban J connectivity index is 0.00000117. The molecule has 0 aliphatic heterocycles. The summed E-state index contributed by atoms with van der Waals surface area (Å²) < 4.78 is 2.87. The van der Waals surface area contributed by atoms with Gasteiger partial charge in [-0.05, 0) is 11.1 Å². The Kier molecular flexibility index (Phi) is 7.61. The molecule has 0 bridgehead atoms. The zero-order valence-corrected chi connectivity index (χ0v) is 19.2. The predicted molar refractivity (Wildman–Crippen MR) is 104 cm³/mol. The van der Waals surface area contributed by atoms with Gasteiger partial charge < -0.3 is 13.9 Å². The Bertz CT molecular complexity index is 967. The first kappa shape index (κ1) is 20.4. The molecule has 0 saturated heterocycles. The zero-order valence-electron chi connectivity index (χ0n) is 14.7. The molecular formula is C20H19BrN2O2Zn. The molecule has 3 rings (SSSR count). The Labute approximate surface area is 169 Å². The van der Waals surface area contributed by atoms with Gasteiger partial charge in [-0.3, -0.25) is 0 Å². The molecule has 0 fully saturated rings. The summed E-state index contributed by atoms with van der Waals surface area (Å²) >= 11 is 4.25. The molecule has 0 saturated carbocycles. The van der Waals surface area contributed by atoms with Crippen LogP contribution in [-0.4, -0.2) is 9.13 Å². The molecule has 0 aliphatic rings. The molecule has 0 radical (unpaired) electrons. The van der Waals surface area contributed by atoms with Gasteiger partial charge in [-0.25, -0.2) is 4.79 Å². The van der Waals surface area contributed by atoms with Gasteiger partial charge in [-0.2, -0.15) is 6.92 Å². The number of hydrogen-bond donors (Lipinski definition) is 0. The molecule has 1 aromatic heterocycles. The third-order valence-corrected chi connectivity index (χ3v) is 4.17. The summed E-state index contributed by atoms with van der Waals surface area (Å²) in [6, 6.07) is 19.2. The second-order valence-electron chi connectivity index (χ2n) is 5.80. The van der Waals surface area contributed by atoms with Crippen LogP contribution in [0.3, 0.4) is 0 Å². The van der Waals surface area contributed by atoms with Crippen molar-refractivity contribution in [1.82, 2.24) is 9.13 Å². The zero-order chi connectivity index (χ0) is 19.1. The van der Waals surface area contributed by atoms with Crippen molar-refractivity contribution in [2.24, 2.45) is 0 Å². The van der Waals surface area contributed by atoms with E-state index in [0.717, 1.165) is 11.1 Å². The second-order valence-corrected chi connectivity index (χ2v) is 5.80. The molecular weight excluding hydrogens is 446 g/mol. The van der Waals surface area contributed by atoms with Gasteiger partial charge in [-0.1, -0.05) is 73.3 Å². The summed E-state index contributed by atoms with van der Waals surface area (Å²) in [7, 11) is 0. The van der Waals surface area contributed by atoms with E-state index >= 15 is 0 Å². The quantitative estimate of drug-likeness (QED) is 0.439. The Morgan fingerprint density at radius 2 is 1.27 bits per heavy atom. The number of aromatic nitrogens is 2. The van der Waals surface area contributed by atoms with Gasteiger partial charge in [0.05, 0.1) is 0 Å². The van der Waals surface area contributed by atoms with Gasteiger partial charge in [0.1, 0.15) is 5.56 Å². The van der Waals surface area contributed by atoms with E-state index in [-0.39, 0.29) is 17.8 Å². The molecule has 0 aliphatic carbocycles. The van der Waals surface area contributed by atoms with Crippen LogP contribution in [0.1, 0.15) is 22.4 Å². The van der Waals surface area contributed by atoms with Crippen molar-refractivity contribution in [3.05, 3.63) is 111 Å². The van der Waals surface area contributed by atoms with Gasteiger partial charge in [0.2, 0.25) is 0 Å². The Morgan fingerprint density at radius 1 is 0.846 bits per heavy atom. The minimum atomic E-state index is -0.328. The average molecular weight is 465 g/mol. The van der Waals surface area contributed by atoms with Crippen LogP contribution in [0, 0.1) is 13.8 Å². The first-order chi connectivity index (χ1) is 12.6. The van der Waals surface area contributed by atoms with Crippen molar-refractivity contribution in [3.8, 4) is 0 Å². The number of rotatable bonds is 4. The van der Waals surface area contributed by atoms with Gasteiger partial charge in [0, 0.05) is 13.1 Å².